The largest absolute Gasteiger partial charge is 1.00 e. The van der Waals surface area contributed by atoms with E-state index in [1.807, 2.05) is 0 Å². The zero-order valence-corrected chi connectivity index (χ0v) is 17.0. The van der Waals surface area contributed by atoms with Gasteiger partial charge in [-0.05, 0) is 6.42 Å². The standard InChI is InChI=1S/C15H28N2O10.2ClH/c18-4-7(8(20)5-19)17-12-14(26)6(1-2-9(21)22)13(25)11(15(12)27)16-3-10(23)24;;/h6-8,11-20,25-27H,1-5H2,(H,21,22)(H,23,24);2*1H/t6-,7?,8?,11+,12-,13+,14-,15+;;/m0../s1. The third-order valence-corrected chi connectivity index (χ3v) is 5.07. The summed E-state index contributed by atoms with van der Waals surface area (Å²) in [7, 11) is 0. The number of carboxylic acids is 2. The molecule has 1 aliphatic carbocycles. The monoisotopic (exact) mass is 468 g/mol. The van der Waals surface area contributed by atoms with Crippen molar-refractivity contribution in [3.8, 4) is 0 Å². The molecule has 0 aromatic carbocycles. The minimum absolute atomic E-state index is 0. The molecule has 0 bridgehead atoms. The van der Waals surface area contributed by atoms with Gasteiger partial charge in [0.15, 0.2) is 12.6 Å². The molecular weight excluding hydrogens is 439 g/mol. The average molecular weight is 469 g/mol. The molecule has 0 aromatic rings. The number of rotatable bonds is 11. The summed E-state index contributed by atoms with van der Waals surface area (Å²) in [5.41, 5.74) is 0. The molecule has 1 fully saturated rings. The highest BCUT2D eigenvalue weighted by Crippen LogP contribution is 2.27. The number of aliphatic carboxylic acids is 2. The van der Waals surface area contributed by atoms with Crippen LogP contribution in [0, 0.1) is 5.92 Å². The molecule has 2 unspecified atom stereocenters. The van der Waals surface area contributed by atoms with E-state index < -0.39 is 80.2 Å². The van der Waals surface area contributed by atoms with Crippen LogP contribution in [0.5, 0.6) is 0 Å². The average Bonchev–Trinajstić information content (AvgIpc) is 2.60. The van der Waals surface area contributed by atoms with Crippen molar-refractivity contribution in [1.29, 1.82) is 0 Å². The van der Waals surface area contributed by atoms with Gasteiger partial charge in [-0.25, -0.2) is 4.79 Å². The number of nitrogens with two attached hydrogens (primary N) is 2. The maximum Gasteiger partial charge on any atom is 0.359 e. The number of hydrogen-bond acceptors (Lipinski definition) is 8. The van der Waals surface area contributed by atoms with Crippen LogP contribution in [0.25, 0.3) is 0 Å². The summed E-state index contributed by atoms with van der Waals surface area (Å²) in [5, 5.41) is 79.9. The minimum atomic E-state index is -1.42. The minimum Gasteiger partial charge on any atom is -1.00 e. The third kappa shape index (κ3) is 8.45. The fourth-order valence-electron chi connectivity index (χ4n) is 3.54. The van der Waals surface area contributed by atoms with E-state index in [-0.39, 0.29) is 37.7 Å². The molecule has 1 aliphatic rings. The molecule has 29 heavy (non-hydrogen) atoms. The van der Waals surface area contributed by atoms with Gasteiger partial charge in [0.25, 0.3) is 0 Å². The van der Waals surface area contributed by atoms with Crippen LogP contribution in [0.15, 0.2) is 0 Å². The van der Waals surface area contributed by atoms with E-state index in [0.29, 0.717) is 0 Å². The van der Waals surface area contributed by atoms with Crippen LogP contribution in [-0.2, 0) is 9.59 Å². The first kappa shape index (κ1) is 30.4. The van der Waals surface area contributed by atoms with E-state index in [1.165, 1.54) is 10.6 Å². The number of aliphatic hydroxyl groups excluding tert-OH is 6. The molecule has 12 N–H and O–H groups in total. The Morgan fingerprint density at radius 2 is 1.41 bits per heavy atom. The fraction of sp³-hybridized carbons (Fsp3) is 0.867. The van der Waals surface area contributed by atoms with Gasteiger partial charge in [0.2, 0.25) is 0 Å². The van der Waals surface area contributed by atoms with Gasteiger partial charge < -0.3 is 76.3 Å². The summed E-state index contributed by atoms with van der Waals surface area (Å²) in [6, 6.07) is -3.13. The second kappa shape index (κ2) is 14.2. The van der Waals surface area contributed by atoms with Gasteiger partial charge in [0, 0.05) is 12.3 Å². The number of carbonyl (C=O) groups is 2. The molecule has 0 aliphatic heterocycles. The first-order chi connectivity index (χ1) is 12.6. The first-order valence-corrected chi connectivity index (χ1v) is 8.69. The zero-order chi connectivity index (χ0) is 20.7. The summed E-state index contributed by atoms with van der Waals surface area (Å²) in [6.07, 6.45) is -5.98. The molecule has 0 amide bonds. The smallest absolute Gasteiger partial charge is 0.359 e. The predicted octanol–water partition coefficient (Wildman–Crippen LogP) is -12.8. The summed E-state index contributed by atoms with van der Waals surface area (Å²) in [5.74, 6) is -3.30. The number of halogens is 2. The SMILES string of the molecule is O=C(O)CC[C@H]1[C@@H](O)[C@@H]([NH2+]CC(=O)O)[C@@H](O)[C@@H]([NH2+]C(CO)C(O)CO)[C@H]1O.[Cl-].[Cl-]. The molecule has 0 heterocycles. The van der Waals surface area contributed by atoms with Gasteiger partial charge in [-0.1, -0.05) is 0 Å². The van der Waals surface area contributed by atoms with Gasteiger partial charge in [-0.15, -0.1) is 0 Å². The van der Waals surface area contributed by atoms with Gasteiger partial charge in [0.05, 0.1) is 13.2 Å². The second-order valence-electron chi connectivity index (χ2n) is 6.85. The van der Waals surface area contributed by atoms with Gasteiger partial charge in [-0.3, -0.25) is 4.79 Å². The molecule has 8 atom stereocenters. The first-order valence-electron chi connectivity index (χ1n) is 8.69. The van der Waals surface area contributed by atoms with Crippen LogP contribution in [0.4, 0.5) is 0 Å². The van der Waals surface area contributed by atoms with Crippen molar-refractivity contribution in [2.45, 2.75) is 55.4 Å². The van der Waals surface area contributed by atoms with Gasteiger partial charge in [-0.2, -0.15) is 0 Å². The normalized spacial score (nSPS) is 31.1. The van der Waals surface area contributed by atoms with Crippen molar-refractivity contribution in [1.82, 2.24) is 0 Å². The molecule has 174 valence electrons. The molecule has 0 radical (unpaired) electrons. The highest BCUT2D eigenvalue weighted by Gasteiger charge is 2.54. The Balaban J connectivity index is 0. The van der Waals surface area contributed by atoms with Crippen molar-refractivity contribution < 1.29 is 85.9 Å². The Morgan fingerprint density at radius 3 is 1.86 bits per heavy atom. The van der Waals surface area contributed by atoms with E-state index in [2.05, 4.69) is 0 Å². The van der Waals surface area contributed by atoms with E-state index in [9.17, 15) is 35.1 Å². The molecule has 14 heteroatoms. The summed E-state index contributed by atoms with van der Waals surface area (Å²) in [4.78, 5) is 21.7. The van der Waals surface area contributed by atoms with Crippen molar-refractivity contribution in [2.75, 3.05) is 19.8 Å². The van der Waals surface area contributed by atoms with Crippen molar-refractivity contribution >= 4 is 11.9 Å². The van der Waals surface area contributed by atoms with Crippen molar-refractivity contribution in [3.63, 3.8) is 0 Å². The number of carboxylic acid groups (broad SMARTS) is 2. The highest BCUT2D eigenvalue weighted by molar-refractivity contribution is 5.67. The molecule has 0 spiro atoms. The predicted molar refractivity (Wildman–Crippen MR) is 86.3 cm³/mol. The Bertz CT molecular complexity index is 472. The molecule has 12 nitrogen and oxygen atoms in total. The maximum absolute atomic E-state index is 10.9. The highest BCUT2D eigenvalue weighted by atomic mass is 35.5. The lowest BCUT2D eigenvalue weighted by atomic mass is 9.73. The van der Waals surface area contributed by atoms with Gasteiger partial charge in [0.1, 0.15) is 36.4 Å². The van der Waals surface area contributed by atoms with Crippen LogP contribution in [0.2, 0.25) is 0 Å². The maximum atomic E-state index is 10.9. The summed E-state index contributed by atoms with van der Waals surface area (Å²) >= 11 is 0. The lowest BCUT2D eigenvalue weighted by Gasteiger charge is -2.43. The fourth-order valence-corrected chi connectivity index (χ4v) is 3.54. The second-order valence-corrected chi connectivity index (χ2v) is 6.85. The van der Waals surface area contributed by atoms with E-state index >= 15 is 0 Å². The lowest BCUT2D eigenvalue weighted by molar-refractivity contribution is -0.767. The van der Waals surface area contributed by atoms with E-state index in [4.69, 9.17) is 15.3 Å². The lowest BCUT2D eigenvalue weighted by Crippen LogP contribution is -3.07. The summed E-state index contributed by atoms with van der Waals surface area (Å²) < 4.78 is 0. The Morgan fingerprint density at radius 1 is 0.862 bits per heavy atom. The number of hydrogen-bond donors (Lipinski definition) is 10. The van der Waals surface area contributed by atoms with Crippen molar-refractivity contribution in [3.05, 3.63) is 0 Å². The molecule has 0 saturated heterocycles. The topological polar surface area (TPSA) is 229 Å². The molecule has 0 aromatic heterocycles. The third-order valence-electron chi connectivity index (χ3n) is 5.07. The molecule has 1 rings (SSSR count). The van der Waals surface area contributed by atoms with Crippen LogP contribution in [0.3, 0.4) is 0 Å². The van der Waals surface area contributed by atoms with Crippen LogP contribution >= 0.6 is 0 Å². The Hall–Kier alpha value is -0.800. The zero-order valence-electron chi connectivity index (χ0n) is 15.5. The van der Waals surface area contributed by atoms with E-state index in [1.54, 1.807) is 0 Å². The van der Waals surface area contributed by atoms with Crippen LogP contribution < -0.4 is 35.4 Å². The quantitative estimate of drug-likeness (QED) is 0.137. The van der Waals surface area contributed by atoms with E-state index in [0.717, 1.165) is 0 Å². The van der Waals surface area contributed by atoms with Gasteiger partial charge >= 0.3 is 11.9 Å². The van der Waals surface area contributed by atoms with Crippen LogP contribution in [-0.4, -0.2) is 115 Å². The van der Waals surface area contributed by atoms with Crippen molar-refractivity contribution in [2.24, 2.45) is 5.92 Å². The van der Waals surface area contributed by atoms with Crippen LogP contribution in [0.1, 0.15) is 12.8 Å². The Labute approximate surface area is 179 Å². The molecule has 1 saturated carbocycles. The Kier molecular flexibility index (Phi) is 14.9. The number of aliphatic hydroxyl groups is 6. The summed E-state index contributed by atoms with van der Waals surface area (Å²) in [6.45, 7) is -1.71. The number of quaternary nitrogens is 2. The molecular formula is C15H30Cl2N2O10.